The van der Waals surface area contributed by atoms with Crippen molar-refractivity contribution in [1.82, 2.24) is 5.09 Å². The number of nitrogens with one attached hydrogen (secondary N) is 1. The molecule has 0 aliphatic rings. The number of carbonyl (C=O) groups excluding carboxylic acids is 1. The van der Waals surface area contributed by atoms with Gasteiger partial charge < -0.3 is 0 Å². The van der Waals surface area contributed by atoms with Crippen molar-refractivity contribution in [2.75, 3.05) is 0 Å². The number of amides is 1. The quantitative estimate of drug-likeness (QED) is 0.520. The summed E-state index contributed by atoms with van der Waals surface area (Å²) in [5, 5.41) is 1.28. The molecule has 66 valence electrons. The number of carbonyl (C=O) groups is 1. The van der Waals surface area contributed by atoms with Crippen LogP contribution in [0.5, 0.6) is 0 Å². The second kappa shape index (κ2) is 3.06. The van der Waals surface area contributed by atoms with Gasteiger partial charge in [-0.15, -0.1) is 0 Å². The van der Waals surface area contributed by atoms with E-state index >= 15 is 0 Å². The van der Waals surface area contributed by atoms with Gasteiger partial charge in [0.05, 0.1) is 0 Å². The zero-order valence-corrected chi connectivity index (χ0v) is 6.76. The molecule has 0 heterocycles. The molecule has 0 rings (SSSR count). The Bertz CT molecular complexity index is 209. The van der Waals surface area contributed by atoms with Crippen LogP contribution in [0.1, 0.15) is 0 Å². The molecule has 0 bridgehead atoms. The fraction of sp³-hybridized carbons (Fsp3) is 0.500. The summed E-state index contributed by atoms with van der Waals surface area (Å²) in [6.45, 7) is -3.30. The number of nitrogens with two attached hydrogens (primary N) is 2. The second-order valence-electron chi connectivity index (χ2n) is 1.65. The Hall–Kier alpha value is -0.170. The SMILES string of the molecule is NP(N)(=S)NC(=O)C(F)(F)F. The van der Waals surface area contributed by atoms with E-state index in [4.69, 9.17) is 11.0 Å². The predicted molar refractivity (Wildman–Crippen MR) is 36.9 cm³/mol. The molecule has 0 spiro atoms. The van der Waals surface area contributed by atoms with Crippen molar-refractivity contribution >= 4 is 24.2 Å². The summed E-state index contributed by atoms with van der Waals surface area (Å²) in [5.74, 6) is -2.20. The van der Waals surface area contributed by atoms with Gasteiger partial charge in [-0.1, -0.05) is 0 Å². The van der Waals surface area contributed by atoms with Crippen LogP contribution < -0.4 is 16.1 Å². The first-order valence-corrected chi connectivity index (χ1v) is 5.13. The molecule has 11 heavy (non-hydrogen) atoms. The Morgan fingerprint density at radius 2 is 1.82 bits per heavy atom. The van der Waals surface area contributed by atoms with Crippen molar-refractivity contribution in [1.29, 1.82) is 0 Å². The minimum atomic E-state index is -4.98. The van der Waals surface area contributed by atoms with Gasteiger partial charge in [-0.3, -0.25) is 20.9 Å². The Kier molecular flexibility index (Phi) is 3.01. The first-order chi connectivity index (χ1) is 4.63. The molecule has 0 aliphatic carbocycles. The molecule has 0 aliphatic heterocycles. The topological polar surface area (TPSA) is 81.1 Å². The molecule has 0 aromatic carbocycles. The Morgan fingerprint density at radius 3 is 1.91 bits per heavy atom. The average Bonchev–Trinajstić information content (AvgIpc) is 1.56. The molecule has 0 aromatic heterocycles. The maximum absolute atomic E-state index is 11.4. The molecule has 0 saturated heterocycles. The normalized spacial score (nSPS) is 12.8. The lowest BCUT2D eigenvalue weighted by atomic mass is 10.6. The maximum Gasteiger partial charge on any atom is 0.471 e. The molecule has 0 atom stereocenters. The van der Waals surface area contributed by atoms with Crippen LogP contribution in [0.15, 0.2) is 0 Å². The van der Waals surface area contributed by atoms with Gasteiger partial charge in [0, 0.05) is 0 Å². The molecule has 0 fully saturated rings. The maximum atomic E-state index is 11.4. The van der Waals surface area contributed by atoms with Crippen molar-refractivity contribution in [3.8, 4) is 0 Å². The number of rotatable bonds is 1. The molecule has 4 nitrogen and oxygen atoms in total. The van der Waals surface area contributed by atoms with E-state index in [9.17, 15) is 18.0 Å². The fourth-order valence-corrected chi connectivity index (χ4v) is 0.915. The highest BCUT2D eigenvalue weighted by molar-refractivity contribution is 8.11. The number of hydrogen-bond acceptors (Lipinski definition) is 2. The highest BCUT2D eigenvalue weighted by Gasteiger charge is 2.39. The molecular formula is C2H5F3N3OPS. The third-order valence-electron chi connectivity index (χ3n) is 0.534. The van der Waals surface area contributed by atoms with E-state index in [1.165, 1.54) is 5.09 Å². The summed E-state index contributed by atoms with van der Waals surface area (Å²) < 4.78 is 34.3. The van der Waals surface area contributed by atoms with Gasteiger partial charge in [0.2, 0.25) is 0 Å². The fourth-order valence-electron chi connectivity index (χ4n) is 0.222. The summed E-state index contributed by atoms with van der Waals surface area (Å²) in [6, 6.07) is 0. The van der Waals surface area contributed by atoms with Gasteiger partial charge in [0.1, 0.15) is 0 Å². The molecule has 5 N–H and O–H groups in total. The highest BCUT2D eigenvalue weighted by atomic mass is 32.4. The second-order valence-corrected chi connectivity index (χ2v) is 5.10. The van der Waals surface area contributed by atoms with Crippen LogP contribution in [0.4, 0.5) is 13.2 Å². The molecule has 0 aromatic rings. The van der Waals surface area contributed by atoms with Crippen LogP contribution in [0.2, 0.25) is 0 Å². The zero-order chi connectivity index (χ0) is 9.28. The minimum absolute atomic E-state index is 1.28. The lowest BCUT2D eigenvalue weighted by molar-refractivity contribution is -0.171. The first kappa shape index (κ1) is 10.8. The van der Waals surface area contributed by atoms with Crippen molar-refractivity contribution in [2.45, 2.75) is 6.18 Å². The van der Waals surface area contributed by atoms with Crippen LogP contribution in [-0.2, 0) is 16.6 Å². The third-order valence-corrected chi connectivity index (χ3v) is 1.36. The van der Waals surface area contributed by atoms with Crippen molar-refractivity contribution in [3.05, 3.63) is 0 Å². The van der Waals surface area contributed by atoms with E-state index in [-0.39, 0.29) is 0 Å². The van der Waals surface area contributed by atoms with Gasteiger partial charge in [-0.25, -0.2) is 0 Å². The van der Waals surface area contributed by atoms with Crippen molar-refractivity contribution in [3.63, 3.8) is 0 Å². The Morgan fingerprint density at radius 1 is 1.45 bits per heavy atom. The highest BCUT2D eigenvalue weighted by Crippen LogP contribution is 2.23. The number of hydrogen-bond donors (Lipinski definition) is 3. The predicted octanol–water partition coefficient (Wildman–Crippen LogP) is -0.193. The third kappa shape index (κ3) is 5.14. The largest absolute Gasteiger partial charge is 0.471 e. The van der Waals surface area contributed by atoms with Gasteiger partial charge in [-0.05, 0) is 11.8 Å². The summed E-state index contributed by atoms with van der Waals surface area (Å²) in [4.78, 5) is 10.0. The first-order valence-electron chi connectivity index (χ1n) is 2.19. The summed E-state index contributed by atoms with van der Waals surface area (Å²) in [5.41, 5.74) is 9.61. The number of halogens is 3. The van der Waals surface area contributed by atoms with Crippen LogP contribution in [0.3, 0.4) is 0 Å². The van der Waals surface area contributed by atoms with Crippen molar-refractivity contribution < 1.29 is 18.0 Å². The molecular weight excluding hydrogens is 202 g/mol. The molecule has 1 amide bonds. The van der Waals surface area contributed by atoms with E-state index < -0.39 is 18.6 Å². The van der Waals surface area contributed by atoms with Gasteiger partial charge in [0.15, 0.2) is 6.49 Å². The van der Waals surface area contributed by atoms with Gasteiger partial charge in [-0.2, -0.15) is 13.2 Å². The van der Waals surface area contributed by atoms with Gasteiger partial charge >= 0.3 is 12.1 Å². The smallest absolute Gasteiger partial charge is 0.298 e. The van der Waals surface area contributed by atoms with E-state index in [2.05, 4.69) is 11.8 Å². The standard InChI is InChI=1S/C2H5F3N3OPS/c3-2(4,5)1(9)8-10(6,7)11/h(H5,6,7,8,9,11). The molecule has 0 unspecified atom stereocenters. The Labute approximate surface area is 65.3 Å². The average molecular weight is 207 g/mol. The summed E-state index contributed by atoms with van der Waals surface area (Å²) >= 11 is 4.16. The molecule has 0 radical (unpaired) electrons. The van der Waals surface area contributed by atoms with Crippen LogP contribution in [0.25, 0.3) is 0 Å². The lowest BCUT2D eigenvalue weighted by Crippen LogP contribution is -2.38. The number of alkyl halides is 3. The lowest BCUT2D eigenvalue weighted by Gasteiger charge is -2.13. The van der Waals surface area contributed by atoms with E-state index in [1.807, 2.05) is 0 Å². The monoisotopic (exact) mass is 207 g/mol. The van der Waals surface area contributed by atoms with Crippen LogP contribution >= 0.6 is 6.49 Å². The van der Waals surface area contributed by atoms with E-state index in [0.717, 1.165) is 0 Å². The zero-order valence-electron chi connectivity index (χ0n) is 5.05. The van der Waals surface area contributed by atoms with E-state index in [1.54, 1.807) is 0 Å². The minimum Gasteiger partial charge on any atom is -0.298 e. The van der Waals surface area contributed by atoms with E-state index in [0.29, 0.717) is 0 Å². The van der Waals surface area contributed by atoms with Crippen LogP contribution in [0, 0.1) is 0 Å². The Balaban J connectivity index is 4.23. The van der Waals surface area contributed by atoms with Crippen molar-refractivity contribution in [2.24, 2.45) is 11.0 Å². The summed E-state index contributed by atoms with van der Waals surface area (Å²) in [7, 11) is 0. The summed E-state index contributed by atoms with van der Waals surface area (Å²) in [6.07, 6.45) is -4.98. The molecule has 0 saturated carbocycles. The van der Waals surface area contributed by atoms with Crippen LogP contribution in [-0.4, -0.2) is 12.1 Å². The van der Waals surface area contributed by atoms with Gasteiger partial charge in [0.25, 0.3) is 0 Å². The molecule has 9 heteroatoms.